The fraction of sp³-hybridized carbons (Fsp3) is 0.455. The van der Waals surface area contributed by atoms with E-state index in [4.69, 9.17) is 33.3 Å². The predicted octanol–water partition coefficient (Wildman–Crippen LogP) is 6.66. The number of benzene rings is 1. The van der Waals surface area contributed by atoms with Crippen molar-refractivity contribution in [1.29, 1.82) is 0 Å². The monoisotopic (exact) mass is 418 g/mol. The Kier molecular flexibility index (Phi) is 6.84. The summed E-state index contributed by atoms with van der Waals surface area (Å²) in [6.45, 7) is 8.59. The third-order valence-corrected chi connectivity index (χ3v) is 5.54. The molecule has 2 aromatic heterocycles. The molecule has 0 atom stereocenters. The van der Waals surface area contributed by atoms with Crippen molar-refractivity contribution in [1.82, 2.24) is 14.8 Å². The number of rotatable bonds is 8. The van der Waals surface area contributed by atoms with Gasteiger partial charge >= 0.3 is 0 Å². The lowest BCUT2D eigenvalue weighted by atomic mass is 10.1. The minimum Gasteiger partial charge on any atom is -0.370 e. The molecular formula is C22H28Cl2N4. The minimum absolute atomic E-state index is 0.589. The summed E-state index contributed by atoms with van der Waals surface area (Å²) < 4.78 is 1.93. The minimum atomic E-state index is 0.589. The number of fused-ring (bicyclic) bond motifs is 1. The number of aryl methyl sites for hydroxylation is 2. The van der Waals surface area contributed by atoms with Crippen molar-refractivity contribution >= 4 is 39.9 Å². The van der Waals surface area contributed by atoms with Gasteiger partial charge in [-0.1, -0.05) is 49.9 Å². The summed E-state index contributed by atoms with van der Waals surface area (Å²) in [5.74, 6) is 0. The zero-order valence-corrected chi connectivity index (χ0v) is 18.6. The molecule has 0 spiro atoms. The Bertz CT molecular complexity index is 957. The largest absolute Gasteiger partial charge is 0.370 e. The van der Waals surface area contributed by atoms with Crippen LogP contribution in [0.3, 0.4) is 0 Å². The second kappa shape index (κ2) is 9.15. The van der Waals surface area contributed by atoms with Crippen molar-refractivity contribution in [3.63, 3.8) is 0 Å². The van der Waals surface area contributed by atoms with Gasteiger partial charge in [0.15, 0.2) is 0 Å². The number of halogens is 2. The molecule has 0 saturated carbocycles. The lowest BCUT2D eigenvalue weighted by Crippen LogP contribution is -2.26. The molecule has 2 heterocycles. The maximum atomic E-state index is 6.48. The van der Waals surface area contributed by atoms with Crippen molar-refractivity contribution in [2.24, 2.45) is 7.05 Å². The quantitative estimate of drug-likeness (QED) is 0.410. The van der Waals surface area contributed by atoms with Crippen molar-refractivity contribution in [3.8, 4) is 11.3 Å². The van der Waals surface area contributed by atoms with E-state index in [1.807, 2.05) is 30.8 Å². The van der Waals surface area contributed by atoms with E-state index in [0.717, 1.165) is 41.1 Å². The Morgan fingerprint density at radius 1 is 1.04 bits per heavy atom. The van der Waals surface area contributed by atoms with Gasteiger partial charge in [0.1, 0.15) is 16.7 Å². The summed E-state index contributed by atoms with van der Waals surface area (Å²) in [7, 11) is 1.98. The van der Waals surface area contributed by atoms with Crippen LogP contribution < -0.4 is 4.90 Å². The number of hydrogen-bond acceptors (Lipinski definition) is 3. The lowest BCUT2D eigenvalue weighted by Gasteiger charge is -2.26. The molecule has 0 bridgehead atoms. The van der Waals surface area contributed by atoms with E-state index >= 15 is 0 Å². The summed E-state index contributed by atoms with van der Waals surface area (Å²) in [5.41, 5.74) is 5.79. The van der Waals surface area contributed by atoms with Crippen LogP contribution in [-0.2, 0) is 7.05 Å². The molecule has 0 radical (unpaired) electrons. The molecule has 4 nitrogen and oxygen atoms in total. The molecule has 3 aromatic rings. The lowest BCUT2D eigenvalue weighted by molar-refractivity contribution is 0.676. The molecular weight excluding hydrogens is 391 g/mol. The summed E-state index contributed by atoms with van der Waals surface area (Å²) in [6, 6.07) is 7.70. The Labute approximate surface area is 177 Å². The highest BCUT2D eigenvalue weighted by atomic mass is 35.5. The van der Waals surface area contributed by atoms with Crippen LogP contribution in [0.5, 0.6) is 0 Å². The highest BCUT2D eigenvalue weighted by Gasteiger charge is 2.21. The zero-order chi connectivity index (χ0) is 20.3. The van der Waals surface area contributed by atoms with Crippen LogP contribution in [0.2, 0.25) is 10.0 Å². The molecule has 0 unspecified atom stereocenters. The number of aromatic nitrogens is 3. The van der Waals surface area contributed by atoms with Gasteiger partial charge in [0.05, 0.1) is 10.7 Å². The molecule has 0 aliphatic carbocycles. The van der Waals surface area contributed by atoms with Gasteiger partial charge in [-0.2, -0.15) is 5.10 Å². The molecule has 0 fully saturated rings. The third kappa shape index (κ3) is 4.28. The van der Waals surface area contributed by atoms with Crippen LogP contribution in [0.25, 0.3) is 22.3 Å². The molecule has 0 N–H and O–H groups in total. The highest BCUT2D eigenvalue weighted by Crippen LogP contribution is 2.37. The van der Waals surface area contributed by atoms with E-state index in [0.29, 0.717) is 10.0 Å². The molecule has 3 rings (SSSR count). The van der Waals surface area contributed by atoms with Gasteiger partial charge in [-0.15, -0.1) is 0 Å². The number of pyridine rings is 1. The molecule has 28 heavy (non-hydrogen) atoms. The van der Waals surface area contributed by atoms with Crippen molar-refractivity contribution in [3.05, 3.63) is 40.0 Å². The number of unbranched alkanes of at least 4 members (excludes halogenated alkanes) is 2. The second-order valence-electron chi connectivity index (χ2n) is 7.27. The summed E-state index contributed by atoms with van der Waals surface area (Å²) in [6.07, 6.45) is 4.68. The molecule has 0 saturated heterocycles. The first-order valence-corrected chi connectivity index (χ1v) is 10.8. The fourth-order valence-corrected chi connectivity index (χ4v) is 4.03. The summed E-state index contributed by atoms with van der Waals surface area (Å²) in [5, 5.41) is 6.00. The SMILES string of the molecule is CCCCN(CCCC)c1cc(C)nc2c(-c3ccc(Cl)cc3Cl)nn(C)c12. The fourth-order valence-electron chi connectivity index (χ4n) is 3.54. The van der Waals surface area contributed by atoms with Gasteiger partial charge in [0, 0.05) is 36.4 Å². The number of nitrogens with zero attached hydrogens (tertiary/aromatic N) is 4. The van der Waals surface area contributed by atoms with Crippen LogP contribution in [-0.4, -0.2) is 27.9 Å². The molecule has 0 aliphatic heterocycles. The van der Waals surface area contributed by atoms with Gasteiger partial charge < -0.3 is 4.90 Å². The van der Waals surface area contributed by atoms with E-state index < -0.39 is 0 Å². The van der Waals surface area contributed by atoms with Gasteiger partial charge in [-0.3, -0.25) is 4.68 Å². The maximum absolute atomic E-state index is 6.48. The third-order valence-electron chi connectivity index (χ3n) is 4.99. The first-order valence-electron chi connectivity index (χ1n) is 10.0. The Morgan fingerprint density at radius 2 is 1.71 bits per heavy atom. The van der Waals surface area contributed by atoms with E-state index in [2.05, 4.69) is 24.8 Å². The van der Waals surface area contributed by atoms with Crippen molar-refractivity contribution in [2.75, 3.05) is 18.0 Å². The predicted molar refractivity (Wildman–Crippen MR) is 121 cm³/mol. The Morgan fingerprint density at radius 3 is 2.32 bits per heavy atom. The second-order valence-corrected chi connectivity index (χ2v) is 8.11. The Balaban J connectivity index is 2.18. The molecule has 150 valence electrons. The van der Waals surface area contributed by atoms with E-state index in [9.17, 15) is 0 Å². The normalized spacial score (nSPS) is 11.4. The number of hydrogen-bond donors (Lipinski definition) is 0. The molecule has 6 heteroatoms. The topological polar surface area (TPSA) is 34.0 Å². The van der Waals surface area contributed by atoms with E-state index in [1.54, 1.807) is 6.07 Å². The van der Waals surface area contributed by atoms with Crippen LogP contribution in [0, 0.1) is 6.92 Å². The van der Waals surface area contributed by atoms with Crippen LogP contribution in [0.4, 0.5) is 5.69 Å². The zero-order valence-electron chi connectivity index (χ0n) is 17.1. The number of anilines is 1. The van der Waals surface area contributed by atoms with Gasteiger partial charge in [0.25, 0.3) is 0 Å². The molecule has 1 aromatic carbocycles. The van der Waals surface area contributed by atoms with Crippen molar-refractivity contribution < 1.29 is 0 Å². The van der Waals surface area contributed by atoms with Gasteiger partial charge in [-0.25, -0.2) is 4.98 Å². The van der Waals surface area contributed by atoms with E-state index in [1.165, 1.54) is 31.4 Å². The summed E-state index contributed by atoms with van der Waals surface area (Å²) >= 11 is 12.6. The first kappa shape index (κ1) is 20.9. The van der Waals surface area contributed by atoms with Crippen LogP contribution in [0.1, 0.15) is 45.2 Å². The van der Waals surface area contributed by atoms with Gasteiger partial charge in [-0.05, 0) is 44.0 Å². The van der Waals surface area contributed by atoms with Crippen LogP contribution >= 0.6 is 23.2 Å². The first-order chi connectivity index (χ1) is 13.5. The smallest absolute Gasteiger partial charge is 0.120 e. The van der Waals surface area contributed by atoms with E-state index in [-0.39, 0.29) is 0 Å². The average molecular weight is 419 g/mol. The molecule has 0 aliphatic rings. The maximum Gasteiger partial charge on any atom is 0.120 e. The average Bonchev–Trinajstić information content (AvgIpc) is 2.97. The van der Waals surface area contributed by atoms with Crippen LogP contribution in [0.15, 0.2) is 24.3 Å². The van der Waals surface area contributed by atoms with Crippen molar-refractivity contribution in [2.45, 2.75) is 46.5 Å². The van der Waals surface area contributed by atoms with Gasteiger partial charge in [0.2, 0.25) is 0 Å². The molecule has 0 amide bonds. The standard InChI is InChI=1S/C22H28Cl2N4/c1-5-7-11-28(12-8-6-2)19-13-15(3)25-21-20(26-27(4)22(19)21)17-10-9-16(23)14-18(17)24/h9-10,13-14H,5-8,11-12H2,1-4H3. The highest BCUT2D eigenvalue weighted by molar-refractivity contribution is 6.36. The summed E-state index contributed by atoms with van der Waals surface area (Å²) in [4.78, 5) is 7.32. The Hall–Kier alpha value is -1.78.